The van der Waals surface area contributed by atoms with Crippen LogP contribution in [0.4, 0.5) is 10.5 Å². The lowest BCUT2D eigenvalue weighted by Gasteiger charge is -2.32. The summed E-state index contributed by atoms with van der Waals surface area (Å²) in [7, 11) is 0. The fraction of sp³-hybridized carbons (Fsp3) is 0.529. The number of amides is 3. The molecule has 0 aromatic heterocycles. The Labute approximate surface area is 142 Å². The van der Waals surface area contributed by atoms with Gasteiger partial charge in [0, 0.05) is 36.3 Å². The molecular formula is C17H24ClN3O2. The lowest BCUT2D eigenvalue weighted by Crippen LogP contribution is -2.47. The van der Waals surface area contributed by atoms with E-state index in [2.05, 4.69) is 17.6 Å². The summed E-state index contributed by atoms with van der Waals surface area (Å²) in [6.07, 6.45) is 4.19. The van der Waals surface area contributed by atoms with E-state index in [-0.39, 0.29) is 18.0 Å². The Balaban J connectivity index is 1.73. The molecule has 1 aromatic rings. The van der Waals surface area contributed by atoms with E-state index in [9.17, 15) is 9.59 Å². The first-order chi connectivity index (χ1) is 11.1. The second-order valence-electron chi connectivity index (χ2n) is 5.87. The predicted octanol–water partition coefficient (Wildman–Crippen LogP) is 3.64. The van der Waals surface area contributed by atoms with Crippen LogP contribution >= 0.6 is 11.6 Å². The third-order valence-electron chi connectivity index (χ3n) is 4.01. The molecule has 23 heavy (non-hydrogen) atoms. The summed E-state index contributed by atoms with van der Waals surface area (Å²) >= 11 is 5.89. The van der Waals surface area contributed by atoms with Crippen LogP contribution in [0.15, 0.2) is 24.3 Å². The normalized spacial score (nSPS) is 15.3. The molecule has 0 radical (unpaired) electrons. The first-order valence-electron chi connectivity index (χ1n) is 8.19. The number of nitrogens with zero attached hydrogens (tertiary/aromatic N) is 1. The second-order valence-corrected chi connectivity index (χ2v) is 6.30. The highest BCUT2D eigenvalue weighted by molar-refractivity contribution is 6.30. The SMILES string of the molecule is CCCCC(=O)N1CCC(NC(=O)Nc2cccc(Cl)c2)CC1. The van der Waals surface area contributed by atoms with Crippen molar-refractivity contribution in [2.24, 2.45) is 0 Å². The van der Waals surface area contributed by atoms with Crippen LogP contribution in [0.3, 0.4) is 0 Å². The van der Waals surface area contributed by atoms with Crippen molar-refractivity contribution in [3.8, 4) is 0 Å². The molecule has 1 aromatic carbocycles. The molecule has 2 rings (SSSR count). The van der Waals surface area contributed by atoms with E-state index in [4.69, 9.17) is 11.6 Å². The van der Waals surface area contributed by atoms with Gasteiger partial charge in [-0.25, -0.2) is 4.79 Å². The Morgan fingerprint density at radius 2 is 2.04 bits per heavy atom. The van der Waals surface area contributed by atoms with Gasteiger partial charge in [0.25, 0.3) is 0 Å². The molecule has 0 bridgehead atoms. The number of rotatable bonds is 5. The molecule has 1 aliphatic heterocycles. The van der Waals surface area contributed by atoms with Crippen LogP contribution in [-0.2, 0) is 4.79 Å². The summed E-state index contributed by atoms with van der Waals surface area (Å²) in [6, 6.07) is 6.91. The summed E-state index contributed by atoms with van der Waals surface area (Å²) in [5.41, 5.74) is 0.669. The Hall–Kier alpha value is -1.75. The van der Waals surface area contributed by atoms with E-state index in [0.29, 0.717) is 30.2 Å². The molecule has 5 nitrogen and oxygen atoms in total. The smallest absolute Gasteiger partial charge is 0.319 e. The minimum absolute atomic E-state index is 0.101. The molecule has 0 saturated carbocycles. The number of unbranched alkanes of at least 4 members (excludes halogenated alkanes) is 1. The molecule has 1 heterocycles. The molecule has 0 atom stereocenters. The summed E-state index contributed by atoms with van der Waals surface area (Å²) in [6.45, 7) is 3.51. The number of urea groups is 1. The lowest BCUT2D eigenvalue weighted by molar-refractivity contribution is -0.132. The van der Waals surface area contributed by atoms with Crippen LogP contribution in [0.25, 0.3) is 0 Å². The molecule has 0 unspecified atom stereocenters. The number of piperidine rings is 1. The number of benzene rings is 1. The Bertz CT molecular complexity index is 542. The fourth-order valence-corrected chi connectivity index (χ4v) is 2.87. The third-order valence-corrected chi connectivity index (χ3v) is 4.24. The van der Waals surface area contributed by atoms with Crippen LogP contribution < -0.4 is 10.6 Å². The number of hydrogen-bond donors (Lipinski definition) is 2. The van der Waals surface area contributed by atoms with Gasteiger partial charge in [0.05, 0.1) is 0 Å². The fourth-order valence-electron chi connectivity index (χ4n) is 2.68. The van der Waals surface area contributed by atoms with Gasteiger partial charge in [0.15, 0.2) is 0 Å². The van der Waals surface area contributed by atoms with E-state index in [1.807, 2.05) is 4.90 Å². The first-order valence-corrected chi connectivity index (χ1v) is 8.57. The maximum absolute atomic E-state index is 12.0. The Morgan fingerprint density at radius 1 is 1.30 bits per heavy atom. The zero-order chi connectivity index (χ0) is 16.7. The van der Waals surface area contributed by atoms with Crippen molar-refractivity contribution in [3.63, 3.8) is 0 Å². The van der Waals surface area contributed by atoms with Crippen molar-refractivity contribution < 1.29 is 9.59 Å². The number of carbonyl (C=O) groups is 2. The quantitative estimate of drug-likeness (QED) is 0.861. The zero-order valence-electron chi connectivity index (χ0n) is 13.5. The standard InChI is InChI=1S/C17H24ClN3O2/c1-2-3-7-16(22)21-10-8-14(9-11-21)19-17(23)20-15-6-4-5-13(18)12-15/h4-6,12,14H,2-3,7-11H2,1H3,(H2,19,20,23). The van der Waals surface area contributed by atoms with Crippen molar-refractivity contribution in [2.75, 3.05) is 18.4 Å². The first kappa shape index (κ1) is 17.6. The summed E-state index contributed by atoms with van der Waals surface area (Å²) in [4.78, 5) is 25.9. The van der Waals surface area contributed by atoms with Gasteiger partial charge in [-0.3, -0.25) is 4.79 Å². The van der Waals surface area contributed by atoms with Crippen LogP contribution in [-0.4, -0.2) is 36.0 Å². The monoisotopic (exact) mass is 337 g/mol. The molecule has 0 aliphatic carbocycles. The third kappa shape index (κ3) is 5.75. The number of hydrogen-bond acceptors (Lipinski definition) is 2. The Kier molecular flexibility index (Phi) is 6.71. The number of nitrogens with one attached hydrogen (secondary N) is 2. The van der Waals surface area contributed by atoms with Crippen molar-refractivity contribution in [1.29, 1.82) is 0 Å². The summed E-state index contributed by atoms with van der Waals surface area (Å²) in [5, 5.41) is 6.32. The highest BCUT2D eigenvalue weighted by Crippen LogP contribution is 2.16. The van der Waals surface area contributed by atoms with E-state index in [0.717, 1.165) is 25.7 Å². The predicted molar refractivity (Wildman–Crippen MR) is 92.7 cm³/mol. The minimum Gasteiger partial charge on any atom is -0.343 e. The van der Waals surface area contributed by atoms with Crippen LogP contribution in [0, 0.1) is 0 Å². The maximum atomic E-state index is 12.0. The van der Waals surface area contributed by atoms with Crippen LogP contribution in [0.1, 0.15) is 39.0 Å². The molecule has 0 spiro atoms. The van der Waals surface area contributed by atoms with Crippen molar-refractivity contribution in [3.05, 3.63) is 29.3 Å². The number of likely N-dealkylation sites (tertiary alicyclic amines) is 1. The van der Waals surface area contributed by atoms with Gasteiger partial charge in [-0.2, -0.15) is 0 Å². The van der Waals surface area contributed by atoms with Gasteiger partial charge in [-0.1, -0.05) is 31.0 Å². The van der Waals surface area contributed by atoms with Crippen molar-refractivity contribution >= 4 is 29.2 Å². The van der Waals surface area contributed by atoms with Crippen LogP contribution in [0.2, 0.25) is 5.02 Å². The highest BCUT2D eigenvalue weighted by Gasteiger charge is 2.23. The average molecular weight is 338 g/mol. The van der Waals surface area contributed by atoms with Crippen molar-refractivity contribution in [1.82, 2.24) is 10.2 Å². The van der Waals surface area contributed by atoms with E-state index in [1.165, 1.54) is 0 Å². The van der Waals surface area contributed by atoms with Crippen LogP contribution in [0.5, 0.6) is 0 Å². The van der Waals surface area contributed by atoms with Gasteiger partial charge in [0.1, 0.15) is 0 Å². The van der Waals surface area contributed by atoms with Gasteiger partial charge in [0.2, 0.25) is 5.91 Å². The maximum Gasteiger partial charge on any atom is 0.319 e. The largest absolute Gasteiger partial charge is 0.343 e. The number of carbonyl (C=O) groups excluding carboxylic acids is 2. The molecule has 1 fully saturated rings. The van der Waals surface area contributed by atoms with E-state index in [1.54, 1.807) is 24.3 Å². The second kappa shape index (κ2) is 8.77. The summed E-state index contributed by atoms with van der Waals surface area (Å²) < 4.78 is 0. The van der Waals surface area contributed by atoms with Gasteiger partial charge in [-0.05, 0) is 37.5 Å². The molecule has 3 amide bonds. The van der Waals surface area contributed by atoms with Crippen molar-refractivity contribution in [2.45, 2.75) is 45.1 Å². The molecule has 2 N–H and O–H groups in total. The van der Waals surface area contributed by atoms with Gasteiger partial charge in [-0.15, -0.1) is 0 Å². The minimum atomic E-state index is -0.233. The lowest BCUT2D eigenvalue weighted by atomic mass is 10.0. The average Bonchev–Trinajstić information content (AvgIpc) is 2.53. The topological polar surface area (TPSA) is 61.4 Å². The summed E-state index contributed by atoms with van der Waals surface area (Å²) in [5.74, 6) is 0.230. The molecule has 6 heteroatoms. The number of anilines is 1. The van der Waals surface area contributed by atoms with Gasteiger partial charge >= 0.3 is 6.03 Å². The molecule has 1 aliphatic rings. The zero-order valence-corrected chi connectivity index (χ0v) is 14.2. The highest BCUT2D eigenvalue weighted by atomic mass is 35.5. The Morgan fingerprint density at radius 3 is 2.70 bits per heavy atom. The molecule has 1 saturated heterocycles. The molecule has 126 valence electrons. The van der Waals surface area contributed by atoms with E-state index < -0.39 is 0 Å². The van der Waals surface area contributed by atoms with Gasteiger partial charge < -0.3 is 15.5 Å². The number of halogens is 1. The molecular weight excluding hydrogens is 314 g/mol. The van der Waals surface area contributed by atoms with E-state index >= 15 is 0 Å².